The molecule has 1 heterocycles. The Bertz CT molecular complexity index is 642. The Morgan fingerprint density at radius 3 is 2.25 bits per heavy atom. The molecule has 9 heteroatoms. The maximum atomic E-state index is 10.8. The normalized spacial score (nSPS) is 10.6. The van der Waals surface area contributed by atoms with Crippen LogP contribution in [0.4, 0.5) is 0 Å². The molecule has 0 radical (unpaired) electrons. The summed E-state index contributed by atoms with van der Waals surface area (Å²) in [7, 11) is -4.15. The van der Waals surface area contributed by atoms with Crippen molar-refractivity contribution in [3.05, 3.63) is 23.0 Å². The summed E-state index contributed by atoms with van der Waals surface area (Å²) in [6.07, 6.45) is 0. The molecule has 0 unspecified atom stereocenters. The summed E-state index contributed by atoms with van der Waals surface area (Å²) < 4.78 is 30.8. The molecule has 7 nitrogen and oxygen atoms in total. The van der Waals surface area contributed by atoms with Gasteiger partial charge in [0.15, 0.2) is 4.77 Å². The van der Waals surface area contributed by atoms with Crippen LogP contribution in [0.5, 0.6) is 0 Å². The fourth-order valence-corrected chi connectivity index (χ4v) is 1.90. The summed E-state index contributed by atoms with van der Waals surface area (Å²) in [6, 6.07) is 4.15. The number of benzene rings is 1. The van der Waals surface area contributed by atoms with Crippen molar-refractivity contribution in [3.63, 3.8) is 0 Å². The lowest BCUT2D eigenvalue weighted by Crippen LogP contribution is -1.97. The van der Waals surface area contributed by atoms with Crippen molar-refractivity contribution >= 4 is 33.4 Å². The molecule has 0 spiro atoms. The minimum absolute atomic E-state index is 0. The predicted octanol–water partition coefficient (Wildman–Crippen LogP) is -0.177. The summed E-state index contributed by atoms with van der Waals surface area (Å²) in [5.74, 6) is 0. The third-order valence-electron chi connectivity index (χ3n) is 1.79. The number of hydrogen-bond acceptors (Lipinski definition) is 3. The van der Waals surface area contributed by atoms with Crippen LogP contribution in [0.3, 0.4) is 0 Å². The number of hydrogen-bond donors (Lipinski definition) is 3. The van der Waals surface area contributed by atoms with E-state index in [2.05, 4.69) is 9.97 Å². The standard InChI is InChI=1S/C7H6N2O3S2.2H2O/c10-14(11,12)4-1-2-5-6(3-4)9-7(13)8-5;;/h1-3H,(H2,8,9,13)(H,10,11,12);2*1H2. The highest BCUT2D eigenvalue weighted by Gasteiger charge is 2.10. The molecule has 0 amide bonds. The number of fused-ring (bicyclic) bond motifs is 1. The van der Waals surface area contributed by atoms with Crippen molar-refractivity contribution in [2.75, 3.05) is 0 Å². The first-order valence-electron chi connectivity index (χ1n) is 3.66. The summed E-state index contributed by atoms with van der Waals surface area (Å²) in [4.78, 5) is 5.42. The SMILES string of the molecule is O.O.O=S(=O)(O)c1ccc2[nH]c(=S)[nH]c2c1. The second kappa shape index (κ2) is 4.72. The average Bonchev–Trinajstić information content (AvgIpc) is 2.41. The van der Waals surface area contributed by atoms with Crippen LogP contribution in [-0.2, 0) is 10.1 Å². The molecule has 90 valence electrons. The van der Waals surface area contributed by atoms with Gasteiger partial charge in [-0.25, -0.2) is 0 Å². The van der Waals surface area contributed by atoms with Gasteiger partial charge in [0, 0.05) is 0 Å². The highest BCUT2D eigenvalue weighted by Crippen LogP contribution is 2.15. The number of rotatable bonds is 1. The lowest BCUT2D eigenvalue weighted by atomic mass is 10.3. The molecule has 0 saturated carbocycles. The molecule has 0 fully saturated rings. The van der Waals surface area contributed by atoms with Crippen molar-refractivity contribution < 1.29 is 23.9 Å². The quantitative estimate of drug-likeness (QED) is 0.484. The summed E-state index contributed by atoms with van der Waals surface area (Å²) in [5.41, 5.74) is 1.24. The number of aromatic nitrogens is 2. The zero-order valence-corrected chi connectivity index (χ0v) is 9.45. The molecule has 0 bridgehead atoms. The fraction of sp³-hybridized carbons (Fsp3) is 0. The Morgan fingerprint density at radius 1 is 1.12 bits per heavy atom. The zero-order chi connectivity index (χ0) is 10.3. The molecule has 0 aliphatic heterocycles. The Morgan fingerprint density at radius 2 is 1.69 bits per heavy atom. The molecule has 0 saturated heterocycles. The molecule has 2 rings (SSSR count). The number of aromatic amines is 2. The molecule has 0 atom stereocenters. The van der Waals surface area contributed by atoms with Crippen LogP contribution in [0, 0.1) is 4.77 Å². The molecule has 0 aliphatic rings. The van der Waals surface area contributed by atoms with Crippen molar-refractivity contribution in [1.29, 1.82) is 0 Å². The first-order chi connectivity index (χ1) is 6.47. The second-order valence-corrected chi connectivity index (χ2v) is 4.59. The molecule has 1 aromatic carbocycles. The molecular weight excluding hydrogens is 256 g/mol. The van der Waals surface area contributed by atoms with E-state index in [9.17, 15) is 8.42 Å². The Kier molecular flexibility index (Phi) is 4.35. The van der Waals surface area contributed by atoms with E-state index in [1.807, 2.05) is 0 Å². The van der Waals surface area contributed by atoms with E-state index in [0.717, 1.165) is 0 Å². The monoisotopic (exact) mass is 266 g/mol. The van der Waals surface area contributed by atoms with E-state index < -0.39 is 10.1 Å². The molecule has 1 aromatic heterocycles. The van der Waals surface area contributed by atoms with Crippen LogP contribution in [0.2, 0.25) is 0 Å². The third-order valence-corrected chi connectivity index (χ3v) is 2.84. The highest BCUT2D eigenvalue weighted by atomic mass is 32.2. The molecular formula is C7H10N2O5S2. The van der Waals surface area contributed by atoms with Gasteiger partial charge in [0.1, 0.15) is 0 Å². The van der Waals surface area contributed by atoms with E-state index >= 15 is 0 Å². The minimum atomic E-state index is -4.15. The topological polar surface area (TPSA) is 149 Å². The van der Waals surface area contributed by atoms with Gasteiger partial charge in [0.2, 0.25) is 0 Å². The lowest BCUT2D eigenvalue weighted by molar-refractivity contribution is 0.483. The van der Waals surface area contributed by atoms with E-state index in [1.165, 1.54) is 18.2 Å². The van der Waals surface area contributed by atoms with Gasteiger partial charge in [-0.2, -0.15) is 8.42 Å². The molecule has 16 heavy (non-hydrogen) atoms. The van der Waals surface area contributed by atoms with Gasteiger partial charge in [-0.3, -0.25) is 4.55 Å². The third kappa shape index (κ3) is 2.65. The largest absolute Gasteiger partial charge is 0.412 e. The van der Waals surface area contributed by atoms with Gasteiger partial charge < -0.3 is 20.9 Å². The van der Waals surface area contributed by atoms with E-state index in [1.54, 1.807) is 0 Å². The second-order valence-electron chi connectivity index (χ2n) is 2.76. The highest BCUT2D eigenvalue weighted by molar-refractivity contribution is 7.85. The number of nitrogens with one attached hydrogen (secondary N) is 2. The lowest BCUT2D eigenvalue weighted by Gasteiger charge is -1.95. The van der Waals surface area contributed by atoms with Crippen molar-refractivity contribution in [1.82, 2.24) is 9.97 Å². The maximum absolute atomic E-state index is 10.8. The fourth-order valence-electron chi connectivity index (χ4n) is 1.17. The van der Waals surface area contributed by atoms with E-state index in [0.29, 0.717) is 15.8 Å². The summed E-state index contributed by atoms with van der Waals surface area (Å²) in [5, 5.41) is 0. The van der Waals surface area contributed by atoms with Gasteiger partial charge in [0.05, 0.1) is 15.9 Å². The average molecular weight is 266 g/mol. The minimum Gasteiger partial charge on any atom is -0.412 e. The maximum Gasteiger partial charge on any atom is 0.294 e. The van der Waals surface area contributed by atoms with Crippen molar-refractivity contribution in [3.8, 4) is 0 Å². The summed E-state index contributed by atoms with van der Waals surface area (Å²) >= 11 is 4.83. The molecule has 7 N–H and O–H groups in total. The summed E-state index contributed by atoms with van der Waals surface area (Å²) in [6.45, 7) is 0. The number of imidazole rings is 1. The van der Waals surface area contributed by atoms with Gasteiger partial charge in [-0.1, -0.05) is 0 Å². The van der Waals surface area contributed by atoms with Crippen LogP contribution in [0.25, 0.3) is 11.0 Å². The van der Waals surface area contributed by atoms with Gasteiger partial charge in [0.25, 0.3) is 10.1 Å². The smallest absolute Gasteiger partial charge is 0.294 e. The molecule has 0 aliphatic carbocycles. The number of H-pyrrole nitrogens is 2. The zero-order valence-electron chi connectivity index (χ0n) is 7.81. The van der Waals surface area contributed by atoms with Gasteiger partial charge in [-0.05, 0) is 30.4 Å². The van der Waals surface area contributed by atoms with Crippen molar-refractivity contribution in [2.45, 2.75) is 4.90 Å². The van der Waals surface area contributed by atoms with Crippen LogP contribution in [0.15, 0.2) is 23.1 Å². The van der Waals surface area contributed by atoms with E-state index in [4.69, 9.17) is 16.8 Å². The van der Waals surface area contributed by atoms with Crippen LogP contribution < -0.4 is 0 Å². The van der Waals surface area contributed by atoms with Crippen molar-refractivity contribution in [2.24, 2.45) is 0 Å². The van der Waals surface area contributed by atoms with Crippen LogP contribution in [-0.4, -0.2) is 33.9 Å². The molecule has 2 aromatic rings. The van der Waals surface area contributed by atoms with Crippen LogP contribution >= 0.6 is 12.2 Å². The first kappa shape index (κ1) is 14.7. The van der Waals surface area contributed by atoms with Crippen LogP contribution in [0.1, 0.15) is 0 Å². The predicted molar refractivity (Wildman–Crippen MR) is 60.5 cm³/mol. The first-order valence-corrected chi connectivity index (χ1v) is 5.51. The Balaban J connectivity index is 0.00000112. The Labute approximate surface area is 95.5 Å². The van der Waals surface area contributed by atoms with E-state index in [-0.39, 0.29) is 15.8 Å². The Hall–Kier alpha value is -1.26. The van der Waals surface area contributed by atoms with Gasteiger partial charge in [-0.15, -0.1) is 0 Å². The van der Waals surface area contributed by atoms with Gasteiger partial charge >= 0.3 is 0 Å².